The molecule has 2 heteroatoms. The van der Waals surface area contributed by atoms with Crippen molar-refractivity contribution in [2.24, 2.45) is 0 Å². The molecule has 0 aliphatic carbocycles. The van der Waals surface area contributed by atoms with E-state index in [4.69, 9.17) is 0 Å². The second kappa shape index (κ2) is 6.20. The number of hydrogen-bond acceptors (Lipinski definition) is 0. The molecule has 0 atom stereocenters. The van der Waals surface area contributed by atoms with Crippen LogP contribution in [0.3, 0.4) is 0 Å². The molecule has 0 saturated heterocycles. The Morgan fingerprint density at radius 3 is 2.08 bits per heavy atom. The zero-order valence-corrected chi connectivity index (χ0v) is 16.2. The van der Waals surface area contributed by atoms with E-state index in [1.165, 1.54) is 50.0 Å². The van der Waals surface area contributed by atoms with Crippen molar-refractivity contribution in [1.82, 2.24) is 4.98 Å². The standard InChI is InChI=1S/C23H20BrN/c1-14-6-4-8-17(10-14)22-19-13-20(24)16(3)12-21(19)25-23(22)18-9-5-7-15(2)11-18/h4-13,25H,1-3H3. The molecule has 0 spiro atoms. The SMILES string of the molecule is Cc1cccc(-c2[nH]c3cc(C)c(Br)cc3c2-c2cccc(C)c2)c1. The average molecular weight is 390 g/mol. The molecule has 0 amide bonds. The highest BCUT2D eigenvalue weighted by Crippen LogP contribution is 2.40. The fourth-order valence-electron chi connectivity index (χ4n) is 3.44. The van der Waals surface area contributed by atoms with E-state index >= 15 is 0 Å². The number of aryl methyl sites for hydroxylation is 3. The Balaban J connectivity index is 2.09. The van der Waals surface area contributed by atoms with Crippen LogP contribution in [0.25, 0.3) is 33.3 Å². The fraction of sp³-hybridized carbons (Fsp3) is 0.130. The molecule has 0 fully saturated rings. The van der Waals surface area contributed by atoms with Gasteiger partial charge in [0.2, 0.25) is 0 Å². The summed E-state index contributed by atoms with van der Waals surface area (Å²) >= 11 is 3.70. The van der Waals surface area contributed by atoms with Crippen LogP contribution in [0, 0.1) is 20.8 Å². The number of hydrogen-bond donors (Lipinski definition) is 1. The molecule has 25 heavy (non-hydrogen) atoms. The molecular weight excluding hydrogens is 370 g/mol. The first kappa shape index (κ1) is 16.2. The van der Waals surface area contributed by atoms with E-state index in [9.17, 15) is 0 Å². The molecule has 3 aromatic carbocycles. The third kappa shape index (κ3) is 2.91. The van der Waals surface area contributed by atoms with Gasteiger partial charge in [-0.25, -0.2) is 0 Å². The number of H-pyrrole nitrogens is 1. The van der Waals surface area contributed by atoms with Gasteiger partial charge in [0.15, 0.2) is 0 Å². The summed E-state index contributed by atoms with van der Waals surface area (Å²) in [6.45, 7) is 6.41. The van der Waals surface area contributed by atoms with Crippen molar-refractivity contribution >= 4 is 26.8 Å². The van der Waals surface area contributed by atoms with Gasteiger partial charge in [-0.05, 0) is 55.7 Å². The van der Waals surface area contributed by atoms with Gasteiger partial charge in [0, 0.05) is 20.9 Å². The van der Waals surface area contributed by atoms with Crippen molar-refractivity contribution in [1.29, 1.82) is 0 Å². The lowest BCUT2D eigenvalue weighted by molar-refractivity contribution is 1.40. The number of aromatic nitrogens is 1. The quantitative estimate of drug-likeness (QED) is 0.373. The highest BCUT2D eigenvalue weighted by atomic mass is 79.9. The summed E-state index contributed by atoms with van der Waals surface area (Å²) in [6.07, 6.45) is 0. The molecule has 0 aliphatic rings. The Labute approximate surface area is 156 Å². The van der Waals surface area contributed by atoms with Crippen molar-refractivity contribution in [2.75, 3.05) is 0 Å². The molecule has 0 bridgehead atoms. The number of aromatic amines is 1. The van der Waals surface area contributed by atoms with Gasteiger partial charge in [-0.15, -0.1) is 0 Å². The lowest BCUT2D eigenvalue weighted by Crippen LogP contribution is -1.85. The minimum Gasteiger partial charge on any atom is -0.354 e. The number of fused-ring (bicyclic) bond motifs is 1. The molecule has 0 aliphatic heterocycles. The summed E-state index contributed by atoms with van der Waals surface area (Å²) in [6, 6.07) is 21.9. The predicted molar refractivity (Wildman–Crippen MR) is 111 cm³/mol. The molecule has 1 heterocycles. The number of benzene rings is 3. The Hall–Kier alpha value is -2.32. The van der Waals surface area contributed by atoms with Gasteiger partial charge in [-0.1, -0.05) is 69.5 Å². The predicted octanol–water partition coefficient (Wildman–Crippen LogP) is 7.19. The first-order chi connectivity index (χ1) is 12.0. The summed E-state index contributed by atoms with van der Waals surface area (Å²) in [5, 5.41) is 1.25. The molecule has 0 unspecified atom stereocenters. The Kier molecular flexibility index (Phi) is 4.01. The maximum absolute atomic E-state index is 3.70. The molecule has 0 saturated carbocycles. The van der Waals surface area contributed by atoms with E-state index in [1.807, 2.05) is 0 Å². The molecule has 1 N–H and O–H groups in total. The van der Waals surface area contributed by atoms with Crippen LogP contribution in [0.5, 0.6) is 0 Å². The summed E-state index contributed by atoms with van der Waals surface area (Å²) < 4.78 is 1.14. The maximum Gasteiger partial charge on any atom is 0.0544 e. The van der Waals surface area contributed by atoms with Crippen LogP contribution in [0.2, 0.25) is 0 Å². The third-order valence-corrected chi connectivity index (χ3v) is 5.55. The first-order valence-corrected chi connectivity index (χ1v) is 9.28. The van der Waals surface area contributed by atoms with Crippen LogP contribution < -0.4 is 0 Å². The van der Waals surface area contributed by atoms with E-state index in [2.05, 4.69) is 102 Å². The Morgan fingerprint density at radius 1 is 0.760 bits per heavy atom. The van der Waals surface area contributed by atoms with Crippen LogP contribution in [0.4, 0.5) is 0 Å². The number of rotatable bonds is 2. The van der Waals surface area contributed by atoms with Gasteiger partial charge in [-0.2, -0.15) is 0 Å². The van der Waals surface area contributed by atoms with Crippen molar-refractivity contribution in [3.63, 3.8) is 0 Å². The molecule has 124 valence electrons. The summed E-state index contributed by atoms with van der Waals surface area (Å²) in [5.74, 6) is 0. The van der Waals surface area contributed by atoms with Crippen molar-refractivity contribution in [3.05, 3.63) is 81.8 Å². The second-order valence-electron chi connectivity index (χ2n) is 6.76. The van der Waals surface area contributed by atoms with Gasteiger partial charge >= 0.3 is 0 Å². The highest BCUT2D eigenvalue weighted by Gasteiger charge is 2.16. The summed E-state index contributed by atoms with van der Waals surface area (Å²) in [7, 11) is 0. The van der Waals surface area contributed by atoms with Gasteiger partial charge in [0.25, 0.3) is 0 Å². The van der Waals surface area contributed by atoms with Gasteiger partial charge in [0.1, 0.15) is 0 Å². The summed E-state index contributed by atoms with van der Waals surface area (Å²) in [5.41, 5.74) is 9.87. The minimum absolute atomic E-state index is 1.14. The highest BCUT2D eigenvalue weighted by molar-refractivity contribution is 9.10. The van der Waals surface area contributed by atoms with Gasteiger partial charge < -0.3 is 4.98 Å². The van der Waals surface area contributed by atoms with Crippen LogP contribution in [0.15, 0.2) is 65.1 Å². The van der Waals surface area contributed by atoms with Crippen LogP contribution in [-0.4, -0.2) is 4.98 Å². The van der Waals surface area contributed by atoms with Gasteiger partial charge in [-0.3, -0.25) is 0 Å². The zero-order valence-electron chi connectivity index (χ0n) is 14.7. The lowest BCUT2D eigenvalue weighted by atomic mass is 9.96. The smallest absolute Gasteiger partial charge is 0.0544 e. The third-order valence-electron chi connectivity index (χ3n) is 4.69. The number of halogens is 1. The minimum atomic E-state index is 1.14. The Morgan fingerprint density at radius 2 is 1.40 bits per heavy atom. The van der Waals surface area contributed by atoms with E-state index in [1.54, 1.807) is 0 Å². The van der Waals surface area contributed by atoms with Crippen molar-refractivity contribution in [3.8, 4) is 22.4 Å². The lowest BCUT2D eigenvalue weighted by Gasteiger charge is -2.08. The normalized spacial score (nSPS) is 11.2. The van der Waals surface area contributed by atoms with Crippen LogP contribution in [0.1, 0.15) is 16.7 Å². The van der Waals surface area contributed by atoms with Crippen LogP contribution >= 0.6 is 15.9 Å². The molecule has 1 aromatic heterocycles. The average Bonchev–Trinajstić information content (AvgIpc) is 2.93. The summed E-state index contributed by atoms with van der Waals surface area (Å²) in [4.78, 5) is 3.67. The zero-order chi connectivity index (χ0) is 17.6. The van der Waals surface area contributed by atoms with Crippen molar-refractivity contribution < 1.29 is 0 Å². The van der Waals surface area contributed by atoms with E-state index < -0.39 is 0 Å². The number of nitrogens with one attached hydrogen (secondary N) is 1. The largest absolute Gasteiger partial charge is 0.354 e. The van der Waals surface area contributed by atoms with Crippen molar-refractivity contribution in [2.45, 2.75) is 20.8 Å². The second-order valence-corrected chi connectivity index (χ2v) is 7.62. The Bertz CT molecular complexity index is 1090. The molecule has 4 rings (SSSR count). The molecular formula is C23H20BrN. The van der Waals surface area contributed by atoms with E-state index in [0.717, 1.165) is 4.47 Å². The fourth-order valence-corrected chi connectivity index (χ4v) is 3.78. The van der Waals surface area contributed by atoms with E-state index in [-0.39, 0.29) is 0 Å². The first-order valence-electron chi connectivity index (χ1n) is 8.49. The molecule has 1 nitrogen and oxygen atoms in total. The van der Waals surface area contributed by atoms with Crippen LogP contribution in [-0.2, 0) is 0 Å². The monoisotopic (exact) mass is 389 g/mol. The molecule has 0 radical (unpaired) electrons. The maximum atomic E-state index is 3.70. The molecule has 4 aromatic rings. The van der Waals surface area contributed by atoms with E-state index in [0.29, 0.717) is 0 Å². The van der Waals surface area contributed by atoms with Gasteiger partial charge in [0.05, 0.1) is 5.69 Å². The topological polar surface area (TPSA) is 15.8 Å².